The second-order valence-corrected chi connectivity index (χ2v) is 11.8. The Balaban J connectivity index is 2.03. The van der Waals surface area contributed by atoms with Gasteiger partial charge in [-0.15, -0.1) is 0 Å². The van der Waals surface area contributed by atoms with Crippen molar-refractivity contribution in [1.82, 2.24) is 19.6 Å². The lowest BCUT2D eigenvalue weighted by Crippen LogP contribution is -2.38. The third-order valence-corrected chi connectivity index (χ3v) is 7.78. The number of ether oxygens (including phenoxy) is 4. The van der Waals surface area contributed by atoms with E-state index in [1.54, 1.807) is 28.4 Å². The molecule has 0 aliphatic rings. The average molecular weight is 629 g/mol. The molecule has 0 atom stereocenters. The summed E-state index contributed by atoms with van der Waals surface area (Å²) in [5, 5.41) is 0. The minimum absolute atomic E-state index is 0.127. The second kappa shape index (κ2) is 20.5. The largest absolute Gasteiger partial charge is 0.493 e. The SMILES string of the molecule is COc1ccc(CCC(=O)N(CCCN(C)C)CCCN(CCCN(C)C)C(=O)CCc2ccc(OC)c(OC)c2)cc1OC. The van der Waals surface area contributed by atoms with Crippen molar-refractivity contribution in [3.05, 3.63) is 47.5 Å². The summed E-state index contributed by atoms with van der Waals surface area (Å²) < 4.78 is 21.6. The molecule has 0 fully saturated rings. The molecular weight excluding hydrogens is 572 g/mol. The molecule has 0 N–H and O–H groups in total. The fourth-order valence-electron chi connectivity index (χ4n) is 5.22. The Morgan fingerprint density at radius 3 is 1.16 bits per heavy atom. The number of carbonyl (C=O) groups excluding carboxylic acids is 2. The lowest BCUT2D eigenvalue weighted by Gasteiger charge is -2.27. The van der Waals surface area contributed by atoms with Crippen LogP contribution in [-0.4, -0.2) is 127 Å². The maximum atomic E-state index is 13.4. The zero-order valence-corrected chi connectivity index (χ0v) is 28.9. The first-order chi connectivity index (χ1) is 21.6. The van der Waals surface area contributed by atoms with Crippen LogP contribution in [0.15, 0.2) is 36.4 Å². The van der Waals surface area contributed by atoms with Crippen molar-refractivity contribution in [1.29, 1.82) is 0 Å². The number of amides is 2. The highest BCUT2D eigenvalue weighted by Crippen LogP contribution is 2.29. The molecule has 2 rings (SSSR count). The van der Waals surface area contributed by atoms with Crippen molar-refractivity contribution in [2.24, 2.45) is 0 Å². The van der Waals surface area contributed by atoms with E-state index < -0.39 is 0 Å². The number of methoxy groups -OCH3 is 4. The van der Waals surface area contributed by atoms with Gasteiger partial charge in [0.1, 0.15) is 0 Å². The Morgan fingerprint density at radius 1 is 0.511 bits per heavy atom. The van der Waals surface area contributed by atoms with E-state index in [2.05, 4.69) is 9.80 Å². The summed E-state index contributed by atoms with van der Waals surface area (Å²) in [4.78, 5) is 35.1. The van der Waals surface area contributed by atoms with Gasteiger partial charge in [0, 0.05) is 39.0 Å². The van der Waals surface area contributed by atoms with Crippen molar-refractivity contribution in [3.8, 4) is 23.0 Å². The number of aryl methyl sites for hydroxylation is 2. The van der Waals surface area contributed by atoms with Crippen molar-refractivity contribution >= 4 is 11.8 Å². The van der Waals surface area contributed by atoms with Crippen LogP contribution < -0.4 is 18.9 Å². The molecule has 0 unspecified atom stereocenters. The van der Waals surface area contributed by atoms with Crippen molar-refractivity contribution in [3.63, 3.8) is 0 Å². The van der Waals surface area contributed by atoms with E-state index in [9.17, 15) is 9.59 Å². The van der Waals surface area contributed by atoms with E-state index in [4.69, 9.17) is 18.9 Å². The summed E-state index contributed by atoms with van der Waals surface area (Å²) in [5.41, 5.74) is 2.06. The molecule has 0 bridgehead atoms. The quantitative estimate of drug-likeness (QED) is 0.192. The molecule has 45 heavy (non-hydrogen) atoms. The number of rotatable bonds is 22. The predicted molar refractivity (Wildman–Crippen MR) is 180 cm³/mol. The van der Waals surface area contributed by atoms with E-state index in [-0.39, 0.29) is 11.8 Å². The molecule has 252 valence electrons. The molecule has 0 saturated heterocycles. The summed E-state index contributed by atoms with van der Waals surface area (Å²) in [5.74, 6) is 2.92. The lowest BCUT2D eigenvalue weighted by atomic mass is 10.1. The number of nitrogens with zero attached hydrogens (tertiary/aromatic N) is 4. The standard InChI is InChI=1S/C35H56N4O6/c1-36(2)20-9-22-38(34(40)18-14-28-12-16-30(42-5)32(26-28)44-7)24-11-25-39(23-10-21-37(3)4)35(41)19-15-29-13-17-31(43-6)33(27-29)45-8/h12-13,16-17,26-27H,9-11,14-15,18-25H2,1-8H3. The summed E-state index contributed by atoms with van der Waals surface area (Å²) >= 11 is 0. The van der Waals surface area contributed by atoms with Gasteiger partial charge >= 0.3 is 0 Å². The molecule has 10 nitrogen and oxygen atoms in total. The summed E-state index contributed by atoms with van der Waals surface area (Å²) in [6.45, 7) is 4.43. The summed E-state index contributed by atoms with van der Waals surface area (Å²) in [6, 6.07) is 11.6. The third kappa shape index (κ3) is 13.6. The van der Waals surface area contributed by atoms with Gasteiger partial charge in [0.2, 0.25) is 11.8 Å². The van der Waals surface area contributed by atoms with Crippen LogP contribution in [0.1, 0.15) is 43.2 Å². The maximum Gasteiger partial charge on any atom is 0.222 e. The summed E-state index contributed by atoms with van der Waals surface area (Å²) in [6.07, 6.45) is 4.58. The Morgan fingerprint density at radius 2 is 0.844 bits per heavy atom. The minimum Gasteiger partial charge on any atom is -0.493 e. The van der Waals surface area contributed by atoms with E-state index in [1.807, 2.05) is 74.4 Å². The third-order valence-electron chi connectivity index (χ3n) is 7.78. The van der Waals surface area contributed by atoms with Crippen LogP contribution in [0.25, 0.3) is 0 Å². The molecule has 0 spiro atoms. The number of benzene rings is 2. The number of hydrogen-bond donors (Lipinski definition) is 0. The maximum absolute atomic E-state index is 13.4. The van der Waals surface area contributed by atoms with E-state index in [1.165, 1.54) is 0 Å². The molecule has 0 aliphatic heterocycles. The van der Waals surface area contributed by atoms with E-state index in [0.29, 0.717) is 74.9 Å². The van der Waals surface area contributed by atoms with Gasteiger partial charge in [-0.1, -0.05) is 12.1 Å². The molecule has 2 amide bonds. The van der Waals surface area contributed by atoms with Crippen molar-refractivity contribution < 1.29 is 28.5 Å². The van der Waals surface area contributed by atoms with Gasteiger partial charge in [-0.05, 0) is 109 Å². The zero-order valence-electron chi connectivity index (χ0n) is 28.9. The second-order valence-electron chi connectivity index (χ2n) is 11.8. The minimum atomic E-state index is 0.127. The molecule has 2 aromatic carbocycles. The fourth-order valence-corrected chi connectivity index (χ4v) is 5.22. The molecule has 10 heteroatoms. The first-order valence-electron chi connectivity index (χ1n) is 15.9. The molecule has 0 aliphatic carbocycles. The van der Waals surface area contributed by atoms with Crippen LogP contribution in [0.2, 0.25) is 0 Å². The summed E-state index contributed by atoms with van der Waals surface area (Å²) in [7, 11) is 14.6. The molecule has 0 aromatic heterocycles. The van der Waals surface area contributed by atoms with Gasteiger partial charge in [0.15, 0.2) is 23.0 Å². The van der Waals surface area contributed by atoms with Gasteiger partial charge in [0.05, 0.1) is 28.4 Å². The highest BCUT2D eigenvalue weighted by molar-refractivity contribution is 5.77. The van der Waals surface area contributed by atoms with Gasteiger partial charge in [-0.2, -0.15) is 0 Å². The fraction of sp³-hybridized carbons (Fsp3) is 0.600. The molecule has 0 radical (unpaired) electrons. The number of carbonyl (C=O) groups is 2. The molecule has 0 saturated carbocycles. The van der Waals surface area contributed by atoms with Crippen LogP contribution in [0.3, 0.4) is 0 Å². The van der Waals surface area contributed by atoms with E-state index >= 15 is 0 Å². The van der Waals surface area contributed by atoms with Gasteiger partial charge in [-0.3, -0.25) is 9.59 Å². The molecule has 2 aromatic rings. The van der Waals surface area contributed by atoms with Crippen LogP contribution in [0.4, 0.5) is 0 Å². The molecule has 0 heterocycles. The Bertz CT molecular complexity index is 1080. The highest BCUT2D eigenvalue weighted by atomic mass is 16.5. The lowest BCUT2D eigenvalue weighted by molar-refractivity contribution is -0.132. The Labute approximate surface area is 271 Å². The predicted octanol–water partition coefficient (Wildman–Crippen LogP) is 4.24. The van der Waals surface area contributed by atoms with Crippen LogP contribution in [0.5, 0.6) is 23.0 Å². The van der Waals surface area contributed by atoms with Crippen LogP contribution >= 0.6 is 0 Å². The zero-order chi connectivity index (χ0) is 33.2. The normalized spacial score (nSPS) is 11.1. The van der Waals surface area contributed by atoms with Gasteiger partial charge in [-0.25, -0.2) is 0 Å². The monoisotopic (exact) mass is 628 g/mol. The highest BCUT2D eigenvalue weighted by Gasteiger charge is 2.18. The van der Waals surface area contributed by atoms with Crippen LogP contribution in [0, 0.1) is 0 Å². The Kier molecular flexibility index (Phi) is 17.2. The van der Waals surface area contributed by atoms with Crippen molar-refractivity contribution in [2.75, 3.05) is 95.9 Å². The smallest absolute Gasteiger partial charge is 0.222 e. The topological polar surface area (TPSA) is 84.0 Å². The van der Waals surface area contributed by atoms with Crippen molar-refractivity contribution in [2.45, 2.75) is 44.9 Å². The average Bonchev–Trinajstić information content (AvgIpc) is 3.03. The van der Waals surface area contributed by atoms with E-state index in [0.717, 1.165) is 43.5 Å². The first-order valence-corrected chi connectivity index (χ1v) is 15.9. The first kappa shape index (κ1) is 37.7. The van der Waals surface area contributed by atoms with Gasteiger partial charge < -0.3 is 38.5 Å². The Hall–Kier alpha value is -3.50. The number of hydrogen-bond acceptors (Lipinski definition) is 8. The van der Waals surface area contributed by atoms with Gasteiger partial charge in [0.25, 0.3) is 0 Å². The molecular formula is C35H56N4O6. The van der Waals surface area contributed by atoms with Crippen LogP contribution in [-0.2, 0) is 22.4 Å².